The van der Waals surface area contributed by atoms with Crippen LogP contribution in [-0.2, 0) is 7.05 Å². The number of nitrogens with two attached hydrogens (primary N) is 1. The van der Waals surface area contributed by atoms with E-state index < -0.39 is 0 Å². The van der Waals surface area contributed by atoms with Crippen LogP contribution in [0.5, 0.6) is 5.75 Å². The van der Waals surface area contributed by atoms with Crippen LogP contribution < -0.4 is 32.0 Å². The maximum atomic E-state index is 13.0. The Balaban J connectivity index is 1.14. The highest BCUT2D eigenvalue weighted by molar-refractivity contribution is 7.18. The summed E-state index contributed by atoms with van der Waals surface area (Å²) in [6.07, 6.45) is 5.87. The first-order valence-corrected chi connectivity index (χ1v) is 15.2. The van der Waals surface area contributed by atoms with Crippen molar-refractivity contribution in [1.29, 1.82) is 0 Å². The number of carbonyl (C=O) groups excluding carboxylic acids is 2. The fourth-order valence-electron chi connectivity index (χ4n) is 5.38. The highest BCUT2D eigenvalue weighted by Gasteiger charge is 2.19. The van der Waals surface area contributed by atoms with Crippen molar-refractivity contribution >= 4 is 61.8 Å². The topological polar surface area (TPSA) is 139 Å². The van der Waals surface area contributed by atoms with E-state index in [0.29, 0.717) is 42.6 Å². The van der Waals surface area contributed by atoms with Gasteiger partial charge in [-0.2, -0.15) is 0 Å². The number of anilines is 2. The summed E-state index contributed by atoms with van der Waals surface area (Å²) >= 11 is 1.61. The number of ether oxygens (including phenoxy) is 1. The summed E-state index contributed by atoms with van der Waals surface area (Å²) in [4.78, 5) is 30.9. The van der Waals surface area contributed by atoms with Crippen molar-refractivity contribution in [3.63, 3.8) is 0 Å². The second-order valence-corrected chi connectivity index (χ2v) is 11.3. The minimum absolute atomic E-state index is 0.00153. The van der Waals surface area contributed by atoms with Crippen LogP contribution in [0, 0.1) is 0 Å². The van der Waals surface area contributed by atoms with E-state index in [4.69, 9.17) is 10.5 Å². The highest BCUT2D eigenvalue weighted by atomic mass is 32.1. The molecule has 1 aliphatic heterocycles. The average Bonchev–Trinajstić information content (AvgIpc) is 3.76. The molecular formula is C32H34N8O3S. The molecule has 1 saturated heterocycles. The number of nitrogen functional groups attached to an aromatic ring is 1. The van der Waals surface area contributed by atoms with E-state index in [2.05, 4.69) is 31.8 Å². The second-order valence-electron chi connectivity index (χ2n) is 10.4. The van der Waals surface area contributed by atoms with Gasteiger partial charge in [0, 0.05) is 78.1 Å². The van der Waals surface area contributed by atoms with Crippen molar-refractivity contribution in [3.05, 3.63) is 77.4 Å². The number of urea groups is 1. The Bertz CT molecular complexity index is 1880. The lowest BCUT2D eigenvalue weighted by molar-refractivity contribution is 0.0955. The van der Waals surface area contributed by atoms with Gasteiger partial charge in [-0.1, -0.05) is 36.4 Å². The van der Waals surface area contributed by atoms with Crippen molar-refractivity contribution in [2.75, 3.05) is 51.0 Å². The normalized spacial score (nSPS) is 13.2. The Morgan fingerprint density at radius 2 is 2.09 bits per heavy atom. The number of thiophene rings is 1. The molecule has 0 aliphatic carbocycles. The van der Waals surface area contributed by atoms with Crippen LogP contribution >= 0.6 is 11.3 Å². The standard InChI is InChI=1S/C32H34N8O3S/c1-39-25-8-4-3-6-21(25)16-26(39)31(41)38-37-24-10-9-20(17-27(24)43-2)23-19-44-29-22(18-36-30(33)28(23)29)7-5-11-34-12-14-40-15-13-35-32(40)42/h3-10,16-19,34,37H,11-15H2,1-2H3,(H2,33,36)(H,35,42)(H,38,41)/b7-5+. The van der Waals surface area contributed by atoms with Crippen molar-refractivity contribution < 1.29 is 14.3 Å². The molecule has 0 saturated carbocycles. The third-order valence-electron chi connectivity index (χ3n) is 7.72. The summed E-state index contributed by atoms with van der Waals surface area (Å²) in [6.45, 7) is 3.52. The number of rotatable bonds is 11. The minimum atomic E-state index is -0.257. The Hall–Kier alpha value is -5.07. The second kappa shape index (κ2) is 12.7. The SMILES string of the molecule is COc1cc(-c2csc3c(/C=C/CNCCN4CCNC4=O)cnc(N)c23)ccc1NNC(=O)c1cc2ccccc2n1C. The van der Waals surface area contributed by atoms with E-state index in [-0.39, 0.29) is 11.9 Å². The van der Waals surface area contributed by atoms with E-state index >= 15 is 0 Å². The number of amides is 3. The summed E-state index contributed by atoms with van der Waals surface area (Å²) in [6, 6.07) is 15.5. The first-order chi connectivity index (χ1) is 21.4. The quantitative estimate of drug-likeness (QED) is 0.110. The van der Waals surface area contributed by atoms with Crippen molar-refractivity contribution in [1.82, 2.24) is 30.5 Å². The van der Waals surface area contributed by atoms with Crippen LogP contribution in [0.4, 0.5) is 16.3 Å². The zero-order chi connectivity index (χ0) is 30.6. The van der Waals surface area contributed by atoms with Crippen LogP contribution in [-0.4, -0.2) is 66.2 Å². The average molecular weight is 611 g/mol. The van der Waals surface area contributed by atoms with Gasteiger partial charge in [0.25, 0.3) is 5.91 Å². The Kier molecular flexibility index (Phi) is 8.35. The van der Waals surface area contributed by atoms with Gasteiger partial charge < -0.3 is 30.6 Å². The number of nitrogens with zero attached hydrogens (tertiary/aromatic N) is 3. The molecule has 0 spiro atoms. The van der Waals surface area contributed by atoms with E-state index in [1.807, 2.05) is 72.3 Å². The number of aromatic nitrogens is 2. The molecule has 1 aliphatic rings. The zero-order valence-corrected chi connectivity index (χ0v) is 25.3. The number of hydrazine groups is 1. The van der Waals surface area contributed by atoms with Crippen molar-refractivity contribution in [2.24, 2.45) is 7.05 Å². The summed E-state index contributed by atoms with van der Waals surface area (Å²) in [5, 5.41) is 10.1. The number of carbonyl (C=O) groups is 2. The first-order valence-electron chi connectivity index (χ1n) is 14.3. The van der Waals surface area contributed by atoms with E-state index in [0.717, 1.165) is 50.8 Å². The molecular weight excluding hydrogens is 576 g/mol. The lowest BCUT2D eigenvalue weighted by Crippen LogP contribution is -2.34. The van der Waals surface area contributed by atoms with Crippen molar-refractivity contribution in [3.8, 4) is 16.9 Å². The predicted molar refractivity (Wildman–Crippen MR) is 177 cm³/mol. The summed E-state index contributed by atoms with van der Waals surface area (Å²) in [5.41, 5.74) is 17.2. The molecule has 1 fully saturated rings. The lowest BCUT2D eigenvalue weighted by atomic mass is 10.0. The molecule has 6 rings (SSSR count). The Morgan fingerprint density at radius 1 is 1.23 bits per heavy atom. The first kappa shape index (κ1) is 29.0. The van der Waals surface area contributed by atoms with Crippen LogP contribution in [0.15, 0.2) is 66.2 Å². The van der Waals surface area contributed by atoms with Gasteiger partial charge in [0.05, 0.1) is 12.8 Å². The lowest BCUT2D eigenvalue weighted by Gasteiger charge is -2.14. The Labute approximate surface area is 258 Å². The Morgan fingerprint density at radius 3 is 2.89 bits per heavy atom. The molecule has 0 radical (unpaired) electrons. The molecule has 44 heavy (non-hydrogen) atoms. The monoisotopic (exact) mass is 610 g/mol. The van der Waals surface area contributed by atoms with Gasteiger partial charge in [-0.15, -0.1) is 11.3 Å². The number of aryl methyl sites for hydroxylation is 1. The van der Waals surface area contributed by atoms with Gasteiger partial charge in [-0.05, 0) is 35.2 Å². The molecule has 0 atom stereocenters. The number of hydrogen-bond acceptors (Lipinski definition) is 8. The number of nitrogens with one attached hydrogen (secondary N) is 4. The maximum Gasteiger partial charge on any atom is 0.317 e. The number of benzene rings is 2. The maximum absolute atomic E-state index is 13.0. The summed E-state index contributed by atoms with van der Waals surface area (Å²) < 4.78 is 8.58. The minimum Gasteiger partial charge on any atom is -0.494 e. The van der Waals surface area contributed by atoms with Crippen molar-refractivity contribution in [2.45, 2.75) is 0 Å². The predicted octanol–water partition coefficient (Wildman–Crippen LogP) is 4.43. The van der Waals surface area contributed by atoms with Gasteiger partial charge in [-0.25, -0.2) is 9.78 Å². The molecule has 4 heterocycles. The number of fused-ring (bicyclic) bond motifs is 2. The van der Waals surface area contributed by atoms with Gasteiger partial charge in [0.1, 0.15) is 17.3 Å². The molecule has 3 aromatic heterocycles. The van der Waals surface area contributed by atoms with Gasteiger partial charge in [-0.3, -0.25) is 15.6 Å². The summed E-state index contributed by atoms with van der Waals surface area (Å²) in [7, 11) is 3.46. The number of pyridine rings is 1. The fourth-order valence-corrected chi connectivity index (χ4v) is 6.46. The number of methoxy groups -OCH3 is 1. The van der Waals surface area contributed by atoms with E-state index in [9.17, 15) is 9.59 Å². The molecule has 12 heteroatoms. The molecule has 6 N–H and O–H groups in total. The van der Waals surface area contributed by atoms with Crippen LogP contribution in [0.1, 0.15) is 16.1 Å². The third kappa shape index (κ3) is 5.77. The zero-order valence-electron chi connectivity index (χ0n) is 24.5. The van der Waals surface area contributed by atoms with Gasteiger partial charge in [0.15, 0.2) is 0 Å². The number of hydrogen-bond donors (Lipinski definition) is 5. The summed E-state index contributed by atoms with van der Waals surface area (Å²) in [5.74, 6) is 0.769. The molecule has 0 unspecified atom stereocenters. The highest BCUT2D eigenvalue weighted by Crippen LogP contribution is 2.41. The van der Waals surface area contributed by atoms with Crippen LogP contribution in [0.3, 0.4) is 0 Å². The molecule has 226 valence electrons. The van der Waals surface area contributed by atoms with Crippen LogP contribution in [0.25, 0.3) is 38.2 Å². The molecule has 11 nitrogen and oxygen atoms in total. The fraction of sp³-hybridized carbons (Fsp3) is 0.219. The smallest absolute Gasteiger partial charge is 0.317 e. The number of para-hydroxylation sites is 1. The van der Waals surface area contributed by atoms with Crippen LogP contribution in [0.2, 0.25) is 0 Å². The van der Waals surface area contributed by atoms with Gasteiger partial charge in [0.2, 0.25) is 0 Å². The van der Waals surface area contributed by atoms with Gasteiger partial charge >= 0.3 is 6.03 Å². The molecule has 2 aromatic carbocycles. The van der Waals surface area contributed by atoms with E-state index in [1.54, 1.807) is 29.5 Å². The molecule has 0 bridgehead atoms. The molecule has 5 aromatic rings. The largest absolute Gasteiger partial charge is 0.494 e. The third-order valence-corrected chi connectivity index (χ3v) is 8.75. The van der Waals surface area contributed by atoms with E-state index in [1.165, 1.54) is 0 Å². The molecule has 3 amide bonds.